The van der Waals surface area contributed by atoms with E-state index in [1.807, 2.05) is 13.8 Å². The molecule has 0 heterocycles. The van der Waals surface area contributed by atoms with Crippen molar-refractivity contribution in [2.24, 2.45) is 0 Å². The molecule has 0 radical (unpaired) electrons. The molecule has 0 bridgehead atoms. The summed E-state index contributed by atoms with van der Waals surface area (Å²) in [6.07, 6.45) is 1.54. The maximum absolute atomic E-state index is 12.8. The molecule has 0 spiro atoms. The van der Waals surface area contributed by atoms with E-state index in [4.69, 9.17) is 14.2 Å². The van der Waals surface area contributed by atoms with Gasteiger partial charge in [-0.15, -0.1) is 0 Å². The largest absolute Gasteiger partial charge is 0.494 e. The van der Waals surface area contributed by atoms with Crippen molar-refractivity contribution in [1.29, 1.82) is 0 Å². The Kier molecular flexibility index (Phi) is 8.42. The van der Waals surface area contributed by atoms with E-state index in [0.717, 1.165) is 12.8 Å². The lowest BCUT2D eigenvalue weighted by molar-refractivity contribution is 0.0948. The highest BCUT2D eigenvalue weighted by Crippen LogP contribution is 2.24. The Morgan fingerprint density at radius 2 is 1.63 bits per heavy atom. The fourth-order valence-electron chi connectivity index (χ4n) is 2.47. The van der Waals surface area contributed by atoms with Gasteiger partial charge in [-0.1, -0.05) is 0 Å². The standard InChI is InChI=1S/C21H26FNO4/c1-3-25-18-11-12-20(26-4-2)19(15-18)21(24)23-13-5-6-14-27-17-9-7-16(22)8-10-17/h7-12,15H,3-6,13-14H2,1-2H3,(H,23,24). The van der Waals surface area contributed by atoms with Crippen molar-refractivity contribution in [2.75, 3.05) is 26.4 Å². The van der Waals surface area contributed by atoms with E-state index in [-0.39, 0.29) is 11.7 Å². The molecule has 0 aliphatic carbocycles. The van der Waals surface area contributed by atoms with Gasteiger partial charge in [-0.05, 0) is 69.2 Å². The van der Waals surface area contributed by atoms with Crippen LogP contribution >= 0.6 is 0 Å². The van der Waals surface area contributed by atoms with Gasteiger partial charge in [-0.25, -0.2) is 4.39 Å². The van der Waals surface area contributed by atoms with Gasteiger partial charge in [0.2, 0.25) is 0 Å². The van der Waals surface area contributed by atoms with Crippen LogP contribution in [0.2, 0.25) is 0 Å². The van der Waals surface area contributed by atoms with Gasteiger partial charge in [0.15, 0.2) is 0 Å². The van der Waals surface area contributed by atoms with Gasteiger partial charge in [0.1, 0.15) is 23.1 Å². The van der Waals surface area contributed by atoms with Crippen LogP contribution in [0.1, 0.15) is 37.0 Å². The Bertz CT molecular complexity index is 719. The predicted octanol–water partition coefficient (Wildman–Crippen LogP) is 4.21. The second-order valence-corrected chi connectivity index (χ2v) is 5.79. The van der Waals surface area contributed by atoms with Crippen molar-refractivity contribution in [3.8, 4) is 17.2 Å². The third kappa shape index (κ3) is 6.81. The van der Waals surface area contributed by atoms with Crippen molar-refractivity contribution in [3.05, 3.63) is 53.8 Å². The average molecular weight is 375 g/mol. The van der Waals surface area contributed by atoms with Crippen molar-refractivity contribution in [1.82, 2.24) is 5.32 Å². The van der Waals surface area contributed by atoms with Gasteiger partial charge in [0.05, 0.1) is 25.4 Å². The molecule has 0 unspecified atom stereocenters. The first-order valence-electron chi connectivity index (χ1n) is 9.20. The molecule has 0 atom stereocenters. The minimum absolute atomic E-state index is 0.195. The summed E-state index contributed by atoms with van der Waals surface area (Å²) in [6, 6.07) is 11.2. The second-order valence-electron chi connectivity index (χ2n) is 5.79. The Morgan fingerprint density at radius 3 is 2.33 bits per heavy atom. The highest BCUT2D eigenvalue weighted by Gasteiger charge is 2.13. The van der Waals surface area contributed by atoms with Crippen molar-refractivity contribution < 1.29 is 23.4 Å². The summed E-state index contributed by atoms with van der Waals surface area (Å²) in [5, 5.41) is 2.89. The fourth-order valence-corrected chi connectivity index (χ4v) is 2.47. The van der Waals surface area contributed by atoms with Crippen LogP contribution in [0.4, 0.5) is 4.39 Å². The van der Waals surface area contributed by atoms with Crippen molar-refractivity contribution in [3.63, 3.8) is 0 Å². The summed E-state index contributed by atoms with van der Waals surface area (Å²) < 4.78 is 29.3. The SMILES string of the molecule is CCOc1ccc(OCC)c(C(=O)NCCCCOc2ccc(F)cc2)c1. The van der Waals surface area contributed by atoms with E-state index in [2.05, 4.69) is 5.32 Å². The van der Waals surface area contributed by atoms with Crippen LogP contribution < -0.4 is 19.5 Å². The van der Waals surface area contributed by atoms with Crippen LogP contribution in [0.3, 0.4) is 0 Å². The molecule has 6 heteroatoms. The quantitative estimate of drug-likeness (QED) is 0.598. The molecule has 2 rings (SSSR count). The molecule has 1 N–H and O–H groups in total. The number of nitrogens with one attached hydrogen (secondary N) is 1. The van der Waals surface area contributed by atoms with Crippen LogP contribution in [-0.4, -0.2) is 32.3 Å². The number of carbonyl (C=O) groups is 1. The highest BCUT2D eigenvalue weighted by molar-refractivity contribution is 5.97. The lowest BCUT2D eigenvalue weighted by atomic mass is 10.1. The molecule has 0 aromatic heterocycles. The highest BCUT2D eigenvalue weighted by atomic mass is 19.1. The smallest absolute Gasteiger partial charge is 0.255 e. The van der Waals surface area contributed by atoms with Gasteiger partial charge >= 0.3 is 0 Å². The average Bonchev–Trinajstić information content (AvgIpc) is 2.67. The van der Waals surface area contributed by atoms with E-state index in [1.54, 1.807) is 30.3 Å². The first-order valence-corrected chi connectivity index (χ1v) is 9.20. The molecule has 146 valence electrons. The third-order valence-electron chi connectivity index (χ3n) is 3.75. The van der Waals surface area contributed by atoms with E-state index in [0.29, 0.717) is 49.2 Å². The number of hydrogen-bond acceptors (Lipinski definition) is 4. The molecule has 0 aliphatic rings. The minimum atomic E-state index is -0.287. The van der Waals surface area contributed by atoms with Crippen LogP contribution in [0.25, 0.3) is 0 Å². The van der Waals surface area contributed by atoms with Crippen molar-refractivity contribution in [2.45, 2.75) is 26.7 Å². The number of halogens is 1. The number of amides is 1. The molecule has 2 aromatic rings. The third-order valence-corrected chi connectivity index (χ3v) is 3.75. The monoisotopic (exact) mass is 375 g/mol. The minimum Gasteiger partial charge on any atom is -0.494 e. The number of hydrogen-bond donors (Lipinski definition) is 1. The zero-order valence-corrected chi connectivity index (χ0v) is 15.8. The Balaban J connectivity index is 1.77. The molecule has 0 saturated heterocycles. The number of carbonyl (C=O) groups excluding carboxylic acids is 1. The summed E-state index contributed by atoms with van der Waals surface area (Å²) in [4.78, 5) is 12.5. The van der Waals surface area contributed by atoms with Gasteiger partial charge < -0.3 is 19.5 Å². The number of benzene rings is 2. The zero-order chi connectivity index (χ0) is 19.5. The molecule has 27 heavy (non-hydrogen) atoms. The van der Waals surface area contributed by atoms with E-state index < -0.39 is 0 Å². The summed E-state index contributed by atoms with van der Waals surface area (Å²) in [5.41, 5.74) is 0.463. The van der Waals surface area contributed by atoms with E-state index in [1.165, 1.54) is 12.1 Å². The Labute approximate surface area is 159 Å². The maximum atomic E-state index is 12.8. The summed E-state index contributed by atoms with van der Waals surface area (Å²) >= 11 is 0. The lowest BCUT2D eigenvalue weighted by Gasteiger charge is -2.13. The maximum Gasteiger partial charge on any atom is 0.255 e. The zero-order valence-electron chi connectivity index (χ0n) is 15.8. The number of ether oxygens (including phenoxy) is 3. The molecular formula is C21H26FNO4. The summed E-state index contributed by atoms with van der Waals surface area (Å²) in [5.74, 6) is 1.33. The normalized spacial score (nSPS) is 10.3. The summed E-state index contributed by atoms with van der Waals surface area (Å²) in [6.45, 7) is 5.81. The number of unbranched alkanes of at least 4 members (excludes halogenated alkanes) is 1. The predicted molar refractivity (Wildman–Crippen MR) is 102 cm³/mol. The van der Waals surface area contributed by atoms with E-state index in [9.17, 15) is 9.18 Å². The lowest BCUT2D eigenvalue weighted by Crippen LogP contribution is -2.25. The molecule has 5 nitrogen and oxygen atoms in total. The topological polar surface area (TPSA) is 56.8 Å². The fraction of sp³-hybridized carbons (Fsp3) is 0.381. The first-order chi connectivity index (χ1) is 13.1. The van der Waals surface area contributed by atoms with Gasteiger partial charge in [0, 0.05) is 6.54 Å². The molecule has 0 fully saturated rings. The molecule has 0 aliphatic heterocycles. The molecular weight excluding hydrogens is 349 g/mol. The second kappa shape index (κ2) is 11.1. The molecule has 2 aromatic carbocycles. The van der Waals surface area contributed by atoms with Gasteiger partial charge in [-0.2, -0.15) is 0 Å². The van der Waals surface area contributed by atoms with Crippen LogP contribution in [0.5, 0.6) is 17.2 Å². The molecule has 0 saturated carbocycles. The van der Waals surface area contributed by atoms with Crippen LogP contribution in [0, 0.1) is 5.82 Å². The Morgan fingerprint density at radius 1 is 0.926 bits per heavy atom. The Hall–Kier alpha value is -2.76. The van der Waals surface area contributed by atoms with Crippen LogP contribution in [-0.2, 0) is 0 Å². The van der Waals surface area contributed by atoms with Crippen molar-refractivity contribution >= 4 is 5.91 Å². The first kappa shape index (κ1) is 20.6. The van der Waals surface area contributed by atoms with Gasteiger partial charge in [-0.3, -0.25) is 4.79 Å². The van der Waals surface area contributed by atoms with Crippen LogP contribution in [0.15, 0.2) is 42.5 Å². The summed E-state index contributed by atoms with van der Waals surface area (Å²) in [7, 11) is 0. The number of rotatable bonds is 11. The molecule has 1 amide bonds. The van der Waals surface area contributed by atoms with Gasteiger partial charge in [0.25, 0.3) is 5.91 Å². The van der Waals surface area contributed by atoms with E-state index >= 15 is 0 Å².